The number of aliphatic hydroxyl groups is 4. The maximum absolute atomic E-state index is 12.8. The summed E-state index contributed by atoms with van der Waals surface area (Å²) in [5.41, 5.74) is 0.0178. The standard InChI is InChI=1S/C21H22O10/c22-7-14-17(26)19(28)20(29)21(31-14)16-11(25)6-13-15(18(16)27)10(24)5-12(30-13)8-1-3-9(23)4-2-8/h1-4,6,12,14,17,19-23,25-29H,5,7H2/t12-,14?,17-,19+,20?,21+/m1/s1. The number of fused-ring (bicyclic) bond motifs is 1. The topological polar surface area (TPSA) is 177 Å². The Hall–Kier alpha value is -2.89. The Morgan fingerprint density at radius 2 is 1.65 bits per heavy atom. The molecule has 0 saturated carbocycles. The van der Waals surface area contributed by atoms with Crippen LogP contribution in [0.1, 0.15) is 40.1 Å². The third-order valence-corrected chi connectivity index (χ3v) is 5.64. The molecular weight excluding hydrogens is 412 g/mol. The van der Waals surface area contributed by atoms with Gasteiger partial charge in [0.1, 0.15) is 65.2 Å². The summed E-state index contributed by atoms with van der Waals surface area (Å²) in [7, 11) is 0. The minimum Gasteiger partial charge on any atom is -0.508 e. The number of phenolic OH excluding ortho intramolecular Hbond substituents is 3. The zero-order valence-electron chi connectivity index (χ0n) is 16.1. The lowest BCUT2D eigenvalue weighted by Crippen LogP contribution is -2.55. The number of carbonyl (C=O) groups is 1. The van der Waals surface area contributed by atoms with Gasteiger partial charge in [-0.15, -0.1) is 0 Å². The van der Waals surface area contributed by atoms with E-state index in [9.17, 15) is 40.5 Å². The molecule has 166 valence electrons. The van der Waals surface area contributed by atoms with Crippen LogP contribution in [0.3, 0.4) is 0 Å². The lowest BCUT2D eigenvalue weighted by molar-refractivity contribution is -0.232. The number of rotatable bonds is 3. The highest BCUT2D eigenvalue weighted by molar-refractivity contribution is 6.03. The van der Waals surface area contributed by atoms with Gasteiger partial charge in [-0.05, 0) is 17.7 Å². The normalized spacial score (nSPS) is 30.5. The summed E-state index contributed by atoms with van der Waals surface area (Å²) in [5.74, 6) is -1.79. The summed E-state index contributed by atoms with van der Waals surface area (Å²) in [6.07, 6.45) is -8.72. The van der Waals surface area contributed by atoms with Gasteiger partial charge in [0.25, 0.3) is 0 Å². The van der Waals surface area contributed by atoms with Crippen molar-refractivity contribution in [3.63, 3.8) is 0 Å². The molecular formula is C21H22O10. The Kier molecular flexibility index (Phi) is 5.50. The number of hydrogen-bond donors (Lipinski definition) is 7. The van der Waals surface area contributed by atoms with Crippen molar-refractivity contribution in [3.8, 4) is 23.0 Å². The number of benzene rings is 2. The summed E-state index contributed by atoms with van der Waals surface area (Å²) in [6, 6.07) is 7.14. The molecule has 0 radical (unpaired) electrons. The molecule has 0 spiro atoms. The van der Waals surface area contributed by atoms with Gasteiger partial charge in [0, 0.05) is 6.07 Å². The van der Waals surface area contributed by atoms with Crippen LogP contribution in [-0.2, 0) is 4.74 Å². The second-order valence-electron chi connectivity index (χ2n) is 7.61. The van der Waals surface area contributed by atoms with Crippen molar-refractivity contribution in [2.75, 3.05) is 6.61 Å². The van der Waals surface area contributed by atoms with Gasteiger partial charge in [0.15, 0.2) is 5.78 Å². The third-order valence-electron chi connectivity index (χ3n) is 5.64. The molecule has 7 N–H and O–H groups in total. The molecule has 0 aliphatic carbocycles. The number of Topliss-reactive ketones (excluding diaryl/α,β-unsaturated/α-hetero) is 1. The molecule has 0 bridgehead atoms. The number of carbonyl (C=O) groups excluding carboxylic acids is 1. The van der Waals surface area contributed by atoms with Gasteiger partial charge in [0.05, 0.1) is 18.6 Å². The van der Waals surface area contributed by atoms with Gasteiger partial charge in [-0.2, -0.15) is 0 Å². The average Bonchev–Trinajstić information content (AvgIpc) is 2.73. The van der Waals surface area contributed by atoms with E-state index in [1.807, 2.05) is 0 Å². The van der Waals surface area contributed by atoms with Gasteiger partial charge < -0.3 is 45.2 Å². The van der Waals surface area contributed by atoms with E-state index >= 15 is 0 Å². The van der Waals surface area contributed by atoms with Crippen molar-refractivity contribution in [2.24, 2.45) is 0 Å². The summed E-state index contributed by atoms with van der Waals surface area (Å²) in [5, 5.41) is 70.4. The Bertz CT molecular complexity index is 987. The fourth-order valence-electron chi connectivity index (χ4n) is 3.97. The van der Waals surface area contributed by atoms with Crippen LogP contribution in [0, 0.1) is 0 Å². The van der Waals surface area contributed by atoms with Crippen molar-refractivity contribution in [3.05, 3.63) is 47.0 Å². The lowest BCUT2D eigenvalue weighted by Gasteiger charge is -2.40. The van der Waals surface area contributed by atoms with Crippen LogP contribution in [0.2, 0.25) is 0 Å². The lowest BCUT2D eigenvalue weighted by atomic mass is 9.87. The molecule has 10 nitrogen and oxygen atoms in total. The van der Waals surface area contributed by atoms with Crippen LogP contribution in [0.25, 0.3) is 0 Å². The van der Waals surface area contributed by atoms with E-state index in [0.29, 0.717) is 5.56 Å². The maximum atomic E-state index is 12.8. The van der Waals surface area contributed by atoms with E-state index in [0.717, 1.165) is 6.07 Å². The van der Waals surface area contributed by atoms with Crippen molar-refractivity contribution < 1.29 is 50.0 Å². The highest BCUT2D eigenvalue weighted by atomic mass is 16.5. The number of phenols is 3. The van der Waals surface area contributed by atoms with Gasteiger partial charge in [0.2, 0.25) is 0 Å². The zero-order valence-corrected chi connectivity index (χ0v) is 16.1. The first-order valence-corrected chi connectivity index (χ1v) is 9.61. The first-order valence-electron chi connectivity index (χ1n) is 9.61. The highest BCUT2D eigenvalue weighted by Crippen LogP contribution is 2.49. The number of ether oxygens (including phenoxy) is 2. The molecule has 1 fully saturated rings. The van der Waals surface area contributed by atoms with Crippen molar-refractivity contribution in [1.82, 2.24) is 0 Å². The molecule has 2 unspecified atom stereocenters. The van der Waals surface area contributed by atoms with Crippen LogP contribution in [0.5, 0.6) is 23.0 Å². The predicted octanol–water partition coefficient (Wildman–Crippen LogP) is 0.0248. The first kappa shape index (κ1) is 21.3. The summed E-state index contributed by atoms with van der Waals surface area (Å²) in [4.78, 5) is 12.8. The number of aromatic hydroxyl groups is 3. The van der Waals surface area contributed by atoms with Crippen LogP contribution >= 0.6 is 0 Å². The third kappa shape index (κ3) is 3.58. The number of ketones is 1. The molecule has 2 aliphatic rings. The second-order valence-corrected chi connectivity index (χ2v) is 7.61. The molecule has 0 amide bonds. The average molecular weight is 434 g/mol. The van der Waals surface area contributed by atoms with Crippen molar-refractivity contribution in [2.45, 2.75) is 43.0 Å². The smallest absolute Gasteiger partial charge is 0.174 e. The Morgan fingerprint density at radius 1 is 0.968 bits per heavy atom. The van der Waals surface area contributed by atoms with Gasteiger partial charge >= 0.3 is 0 Å². The Morgan fingerprint density at radius 3 is 2.29 bits per heavy atom. The Balaban J connectivity index is 1.72. The van der Waals surface area contributed by atoms with Crippen molar-refractivity contribution >= 4 is 5.78 Å². The van der Waals surface area contributed by atoms with Crippen molar-refractivity contribution in [1.29, 1.82) is 0 Å². The molecule has 1 saturated heterocycles. The van der Waals surface area contributed by atoms with Gasteiger partial charge in [-0.25, -0.2) is 0 Å². The number of aliphatic hydroxyl groups excluding tert-OH is 4. The second kappa shape index (κ2) is 7.98. The monoisotopic (exact) mass is 434 g/mol. The number of hydrogen-bond acceptors (Lipinski definition) is 10. The van der Waals surface area contributed by atoms with E-state index < -0.39 is 60.5 Å². The molecule has 31 heavy (non-hydrogen) atoms. The molecule has 2 aliphatic heterocycles. The van der Waals surface area contributed by atoms with E-state index in [1.165, 1.54) is 12.1 Å². The molecule has 2 aromatic carbocycles. The van der Waals surface area contributed by atoms with Gasteiger partial charge in [-0.1, -0.05) is 12.1 Å². The highest BCUT2D eigenvalue weighted by Gasteiger charge is 2.47. The van der Waals surface area contributed by atoms with E-state index in [4.69, 9.17) is 9.47 Å². The molecule has 6 atom stereocenters. The largest absolute Gasteiger partial charge is 0.508 e. The van der Waals surface area contributed by atoms with Crippen LogP contribution in [0.15, 0.2) is 30.3 Å². The summed E-state index contributed by atoms with van der Waals surface area (Å²) < 4.78 is 11.2. The predicted molar refractivity (Wildman–Crippen MR) is 103 cm³/mol. The molecule has 2 aromatic rings. The minimum absolute atomic E-state index is 0.0470. The summed E-state index contributed by atoms with van der Waals surface area (Å²) >= 11 is 0. The fourth-order valence-corrected chi connectivity index (χ4v) is 3.97. The molecule has 2 heterocycles. The fraction of sp³-hybridized carbons (Fsp3) is 0.381. The van der Waals surface area contributed by atoms with Crippen LogP contribution in [0.4, 0.5) is 0 Å². The minimum atomic E-state index is -1.75. The summed E-state index contributed by atoms with van der Waals surface area (Å²) in [6.45, 7) is -0.690. The van der Waals surface area contributed by atoms with E-state index in [1.54, 1.807) is 12.1 Å². The SMILES string of the molecule is O=C1C[C@H](c2ccc(O)cc2)Oc2cc(O)c([C@@H]3OC(CO)[C@@H](O)[C@H](O)C3O)c(O)c21. The molecule has 10 heteroatoms. The van der Waals surface area contributed by atoms with E-state index in [-0.39, 0.29) is 29.0 Å². The first-order chi connectivity index (χ1) is 14.7. The quantitative estimate of drug-likeness (QED) is 0.348. The zero-order chi connectivity index (χ0) is 22.4. The maximum Gasteiger partial charge on any atom is 0.174 e. The molecule has 4 rings (SSSR count). The Labute approximate surface area is 176 Å². The molecule has 0 aromatic heterocycles. The van der Waals surface area contributed by atoms with Gasteiger partial charge in [-0.3, -0.25) is 4.79 Å². The van der Waals surface area contributed by atoms with Crippen LogP contribution in [-0.4, -0.2) is 72.6 Å². The van der Waals surface area contributed by atoms with E-state index in [2.05, 4.69) is 0 Å². The van der Waals surface area contributed by atoms with Crippen LogP contribution < -0.4 is 4.74 Å².